The molecular formula is C17H20N4O. The van der Waals surface area contributed by atoms with Crippen molar-refractivity contribution in [3.63, 3.8) is 0 Å². The minimum Gasteiger partial charge on any atom is -0.337 e. The summed E-state index contributed by atoms with van der Waals surface area (Å²) in [5.41, 5.74) is 1.87. The van der Waals surface area contributed by atoms with Gasteiger partial charge in [-0.3, -0.25) is 9.78 Å². The Labute approximate surface area is 130 Å². The van der Waals surface area contributed by atoms with Gasteiger partial charge in [-0.25, -0.2) is 4.98 Å². The molecule has 0 aromatic carbocycles. The third-order valence-corrected chi connectivity index (χ3v) is 4.75. The van der Waals surface area contributed by atoms with Crippen LogP contribution in [0.5, 0.6) is 0 Å². The van der Waals surface area contributed by atoms with E-state index in [1.807, 2.05) is 35.8 Å². The van der Waals surface area contributed by atoms with Crippen LogP contribution in [-0.4, -0.2) is 38.4 Å². The fourth-order valence-electron chi connectivity index (χ4n) is 3.25. The highest BCUT2D eigenvalue weighted by Gasteiger charge is 2.27. The van der Waals surface area contributed by atoms with E-state index in [2.05, 4.69) is 14.5 Å². The number of nitrogens with zero attached hydrogens (tertiary/aromatic N) is 4. The van der Waals surface area contributed by atoms with Gasteiger partial charge in [-0.05, 0) is 49.3 Å². The maximum Gasteiger partial charge on any atom is 0.272 e. The first-order valence-electron chi connectivity index (χ1n) is 8.04. The van der Waals surface area contributed by atoms with Gasteiger partial charge in [0.1, 0.15) is 5.69 Å². The molecule has 1 amide bonds. The average molecular weight is 296 g/mol. The number of aromatic nitrogens is 3. The Morgan fingerprint density at radius 3 is 2.64 bits per heavy atom. The Kier molecular flexibility index (Phi) is 3.41. The van der Waals surface area contributed by atoms with E-state index in [0.717, 1.165) is 25.9 Å². The zero-order valence-corrected chi connectivity index (χ0v) is 12.6. The predicted octanol–water partition coefficient (Wildman–Crippen LogP) is 2.63. The number of piperidine rings is 1. The van der Waals surface area contributed by atoms with E-state index in [0.29, 0.717) is 17.7 Å². The lowest BCUT2D eigenvalue weighted by atomic mass is 10.0. The van der Waals surface area contributed by atoms with Gasteiger partial charge in [0.25, 0.3) is 5.91 Å². The lowest BCUT2D eigenvalue weighted by Crippen LogP contribution is -2.39. The molecule has 5 nitrogen and oxygen atoms in total. The number of hydrogen-bond donors (Lipinski definition) is 0. The maximum absolute atomic E-state index is 12.6. The third-order valence-electron chi connectivity index (χ3n) is 4.75. The van der Waals surface area contributed by atoms with E-state index in [-0.39, 0.29) is 5.91 Å². The monoisotopic (exact) mass is 296 g/mol. The standard InChI is InChI=1S/C17H20N4O/c22-17(16-11-14(3-6-19-16)13-1-2-13)20-8-4-15(5-9-20)21-10-7-18-12-21/h3,6-7,10-13,15H,1-2,4-5,8-9H2. The van der Waals surface area contributed by atoms with Crippen molar-refractivity contribution in [2.24, 2.45) is 0 Å². The van der Waals surface area contributed by atoms with Crippen molar-refractivity contribution < 1.29 is 4.79 Å². The Morgan fingerprint density at radius 1 is 1.14 bits per heavy atom. The summed E-state index contributed by atoms with van der Waals surface area (Å²) in [6.07, 6.45) is 11.9. The SMILES string of the molecule is O=C(c1cc(C2CC2)ccn1)N1CCC(n2ccnc2)CC1. The molecule has 114 valence electrons. The second-order valence-electron chi connectivity index (χ2n) is 6.28. The highest BCUT2D eigenvalue weighted by Crippen LogP contribution is 2.40. The van der Waals surface area contributed by atoms with Crippen LogP contribution >= 0.6 is 0 Å². The van der Waals surface area contributed by atoms with Crippen molar-refractivity contribution in [3.8, 4) is 0 Å². The Bertz CT molecular complexity index is 655. The summed E-state index contributed by atoms with van der Waals surface area (Å²) in [6, 6.07) is 4.49. The molecule has 0 bridgehead atoms. The zero-order chi connectivity index (χ0) is 14.9. The Morgan fingerprint density at radius 2 is 1.95 bits per heavy atom. The first kappa shape index (κ1) is 13.5. The molecule has 2 aromatic heterocycles. The van der Waals surface area contributed by atoms with E-state index in [1.54, 1.807) is 6.20 Å². The summed E-state index contributed by atoms with van der Waals surface area (Å²) in [6.45, 7) is 1.58. The number of rotatable bonds is 3. The van der Waals surface area contributed by atoms with Crippen LogP contribution < -0.4 is 0 Å². The zero-order valence-electron chi connectivity index (χ0n) is 12.6. The molecular weight excluding hydrogens is 276 g/mol. The van der Waals surface area contributed by atoms with E-state index in [1.165, 1.54) is 18.4 Å². The highest BCUT2D eigenvalue weighted by molar-refractivity contribution is 5.92. The maximum atomic E-state index is 12.6. The molecule has 4 rings (SSSR count). The largest absolute Gasteiger partial charge is 0.337 e. The van der Waals surface area contributed by atoms with Crippen molar-refractivity contribution >= 4 is 5.91 Å². The van der Waals surface area contributed by atoms with Crippen molar-refractivity contribution in [2.45, 2.75) is 37.6 Å². The second-order valence-corrected chi connectivity index (χ2v) is 6.28. The summed E-state index contributed by atoms with van der Waals surface area (Å²) in [5, 5.41) is 0. The van der Waals surface area contributed by atoms with Gasteiger partial charge in [0.05, 0.1) is 6.33 Å². The van der Waals surface area contributed by atoms with Crippen LogP contribution in [0.3, 0.4) is 0 Å². The lowest BCUT2D eigenvalue weighted by Gasteiger charge is -2.32. The topological polar surface area (TPSA) is 51.0 Å². The molecule has 2 aromatic rings. The number of imidazole rings is 1. The molecule has 0 radical (unpaired) electrons. The third kappa shape index (κ3) is 2.63. The molecule has 1 saturated carbocycles. The summed E-state index contributed by atoms with van der Waals surface area (Å²) < 4.78 is 2.15. The van der Waals surface area contributed by atoms with Crippen LogP contribution in [0.1, 0.15) is 53.7 Å². The van der Waals surface area contributed by atoms with Crippen molar-refractivity contribution in [3.05, 3.63) is 48.3 Å². The molecule has 1 aliphatic heterocycles. The number of hydrogen-bond acceptors (Lipinski definition) is 3. The molecule has 0 atom stereocenters. The first-order chi connectivity index (χ1) is 10.8. The number of pyridine rings is 1. The van der Waals surface area contributed by atoms with Gasteiger partial charge >= 0.3 is 0 Å². The number of amides is 1. The molecule has 5 heteroatoms. The minimum atomic E-state index is 0.0755. The van der Waals surface area contributed by atoms with Crippen LogP contribution in [0.4, 0.5) is 0 Å². The summed E-state index contributed by atoms with van der Waals surface area (Å²) in [4.78, 5) is 23.0. The van der Waals surface area contributed by atoms with Gasteiger partial charge < -0.3 is 9.47 Å². The molecule has 2 aliphatic rings. The van der Waals surface area contributed by atoms with Crippen LogP contribution in [0.25, 0.3) is 0 Å². The van der Waals surface area contributed by atoms with Crippen LogP contribution in [-0.2, 0) is 0 Å². The number of carbonyl (C=O) groups is 1. The molecule has 0 unspecified atom stereocenters. The minimum absolute atomic E-state index is 0.0755. The van der Waals surface area contributed by atoms with E-state index >= 15 is 0 Å². The normalized spacial score (nSPS) is 19.4. The van der Waals surface area contributed by atoms with Crippen molar-refractivity contribution in [2.75, 3.05) is 13.1 Å². The summed E-state index contributed by atoms with van der Waals surface area (Å²) in [5.74, 6) is 0.730. The smallest absolute Gasteiger partial charge is 0.272 e. The molecule has 2 fully saturated rings. The van der Waals surface area contributed by atoms with Gasteiger partial charge in [0.2, 0.25) is 0 Å². The van der Waals surface area contributed by atoms with Gasteiger partial charge in [0.15, 0.2) is 0 Å². The Hall–Kier alpha value is -2.17. The van der Waals surface area contributed by atoms with Crippen LogP contribution in [0.2, 0.25) is 0 Å². The molecule has 0 spiro atoms. The highest BCUT2D eigenvalue weighted by atomic mass is 16.2. The van der Waals surface area contributed by atoms with Gasteiger partial charge in [0, 0.05) is 37.7 Å². The van der Waals surface area contributed by atoms with Crippen molar-refractivity contribution in [1.29, 1.82) is 0 Å². The van der Waals surface area contributed by atoms with E-state index in [4.69, 9.17) is 0 Å². The van der Waals surface area contributed by atoms with E-state index in [9.17, 15) is 4.79 Å². The fraction of sp³-hybridized carbons (Fsp3) is 0.471. The average Bonchev–Trinajstić information content (AvgIpc) is 3.29. The van der Waals surface area contributed by atoms with Gasteiger partial charge in [-0.15, -0.1) is 0 Å². The molecule has 1 aliphatic carbocycles. The van der Waals surface area contributed by atoms with Gasteiger partial charge in [-0.1, -0.05) is 0 Å². The number of carbonyl (C=O) groups excluding carboxylic acids is 1. The van der Waals surface area contributed by atoms with Crippen LogP contribution in [0, 0.1) is 0 Å². The molecule has 1 saturated heterocycles. The number of likely N-dealkylation sites (tertiary alicyclic amines) is 1. The summed E-state index contributed by atoms with van der Waals surface area (Å²) >= 11 is 0. The summed E-state index contributed by atoms with van der Waals surface area (Å²) in [7, 11) is 0. The first-order valence-corrected chi connectivity index (χ1v) is 8.04. The molecule has 3 heterocycles. The molecule has 22 heavy (non-hydrogen) atoms. The van der Waals surface area contributed by atoms with Gasteiger partial charge in [-0.2, -0.15) is 0 Å². The Balaban J connectivity index is 1.42. The van der Waals surface area contributed by atoms with Crippen LogP contribution in [0.15, 0.2) is 37.1 Å². The predicted molar refractivity (Wildman–Crippen MR) is 82.6 cm³/mol. The fourth-order valence-corrected chi connectivity index (χ4v) is 3.25. The van der Waals surface area contributed by atoms with E-state index < -0.39 is 0 Å². The second kappa shape index (κ2) is 5.55. The lowest BCUT2D eigenvalue weighted by molar-refractivity contribution is 0.0688. The molecule has 0 N–H and O–H groups in total. The van der Waals surface area contributed by atoms with Crippen molar-refractivity contribution in [1.82, 2.24) is 19.4 Å². The quantitative estimate of drug-likeness (QED) is 0.875.